The van der Waals surface area contributed by atoms with Gasteiger partial charge in [0, 0.05) is 37.1 Å². The van der Waals surface area contributed by atoms with Crippen molar-refractivity contribution in [2.75, 3.05) is 19.0 Å². The van der Waals surface area contributed by atoms with E-state index in [0.29, 0.717) is 23.6 Å². The number of halogens is 4. The van der Waals surface area contributed by atoms with E-state index in [9.17, 15) is 22.4 Å². The second kappa shape index (κ2) is 10.5. The maximum absolute atomic E-state index is 13.2. The SMILES string of the molecule is CN/C(=C\C(C)=C(/[NH3+])OCC(F)(F)C(F)F)C(C)N1Cc2c(ccnc2NC(=O)c2cnco2)C2OC21. The van der Waals surface area contributed by atoms with Crippen molar-refractivity contribution in [1.29, 1.82) is 0 Å². The highest BCUT2D eigenvalue weighted by molar-refractivity contribution is 6.01. The Kier molecular flexibility index (Phi) is 7.52. The number of carbonyl (C=O) groups is 1. The third-order valence-electron chi connectivity index (χ3n) is 6.23. The molecule has 0 radical (unpaired) electrons. The number of likely N-dealkylation sites (N-methyl/N-ethyl adjacent to an activating group) is 1. The van der Waals surface area contributed by atoms with Crippen LogP contribution in [0.1, 0.15) is 41.6 Å². The number of carbonyl (C=O) groups excluding carboxylic acids is 1. The average molecular weight is 527 g/mol. The number of amides is 1. The number of anilines is 1. The van der Waals surface area contributed by atoms with Gasteiger partial charge >= 0.3 is 12.3 Å². The Morgan fingerprint density at radius 3 is 2.84 bits per heavy atom. The van der Waals surface area contributed by atoms with E-state index in [1.165, 1.54) is 6.20 Å². The molecule has 2 aromatic heterocycles. The molecule has 1 amide bonds. The molecule has 2 aliphatic heterocycles. The zero-order chi connectivity index (χ0) is 26.9. The number of nitrogens with one attached hydrogen (secondary N) is 2. The standard InChI is InChI=1S/C23H26F4N6O4/c1-11(18(28)35-9-23(26,27)22(24)25)6-15(29-3)12(2)33-8-14-13(17-21(33)37-17)4-5-31-19(14)32-20(34)16-7-30-10-36-16/h4-7,10,12,17,21-22,29H,8-9,28H2,1-3H3,(H,31,32,34)/p+1/b15-6-,18-11+. The number of pyridine rings is 1. The van der Waals surface area contributed by atoms with Gasteiger partial charge in [-0.3, -0.25) is 15.4 Å². The van der Waals surface area contributed by atoms with Crippen LogP contribution < -0.4 is 16.4 Å². The van der Waals surface area contributed by atoms with Crippen molar-refractivity contribution in [2.24, 2.45) is 0 Å². The van der Waals surface area contributed by atoms with Gasteiger partial charge in [-0.05, 0) is 31.6 Å². The van der Waals surface area contributed by atoms with E-state index < -0.39 is 24.9 Å². The Morgan fingerprint density at radius 2 is 2.19 bits per heavy atom. The second-order valence-electron chi connectivity index (χ2n) is 8.65. The molecule has 0 spiro atoms. The van der Waals surface area contributed by atoms with Crippen molar-refractivity contribution in [1.82, 2.24) is 20.2 Å². The number of oxazole rings is 1. The summed E-state index contributed by atoms with van der Waals surface area (Å²) in [6.07, 6.45) is 1.43. The van der Waals surface area contributed by atoms with E-state index in [-0.39, 0.29) is 30.0 Å². The summed E-state index contributed by atoms with van der Waals surface area (Å²) in [6.45, 7) is 2.40. The highest BCUT2D eigenvalue weighted by Gasteiger charge is 2.51. The molecular formula is C23H27F4N6O4+. The number of epoxide rings is 1. The van der Waals surface area contributed by atoms with Crippen molar-refractivity contribution < 1.29 is 42.0 Å². The Balaban J connectivity index is 1.52. The number of hydrogen-bond donors (Lipinski definition) is 3. The topological polar surface area (TPSA) is 133 Å². The summed E-state index contributed by atoms with van der Waals surface area (Å²) in [5.41, 5.74) is 6.33. The van der Waals surface area contributed by atoms with Gasteiger partial charge in [-0.25, -0.2) is 18.7 Å². The van der Waals surface area contributed by atoms with Crippen LogP contribution in [0.15, 0.2) is 52.5 Å². The summed E-state index contributed by atoms with van der Waals surface area (Å²) in [5.74, 6) is -4.51. The third kappa shape index (κ3) is 5.60. The molecule has 5 N–H and O–H groups in total. The van der Waals surface area contributed by atoms with Crippen LogP contribution in [0.5, 0.6) is 0 Å². The molecule has 1 fully saturated rings. The number of ether oxygens (including phenoxy) is 2. The molecule has 0 aromatic carbocycles. The number of hydrogen-bond acceptors (Lipinski definition) is 8. The first-order chi connectivity index (χ1) is 17.5. The highest BCUT2D eigenvalue weighted by atomic mass is 19.3. The lowest BCUT2D eigenvalue weighted by Gasteiger charge is -2.33. The summed E-state index contributed by atoms with van der Waals surface area (Å²) in [5, 5.41) is 5.83. The fraction of sp³-hybridized carbons (Fsp3) is 0.435. The molecule has 1 saturated heterocycles. The monoisotopic (exact) mass is 527 g/mol. The molecule has 3 unspecified atom stereocenters. The van der Waals surface area contributed by atoms with E-state index in [2.05, 4.69) is 26.3 Å². The Morgan fingerprint density at radius 1 is 1.43 bits per heavy atom. The van der Waals surface area contributed by atoms with E-state index in [4.69, 9.17) is 13.9 Å². The number of nitrogens with zero attached hydrogens (tertiary/aromatic N) is 3. The largest absolute Gasteiger partial charge is 0.445 e. The first kappa shape index (κ1) is 26.6. The molecule has 3 atom stereocenters. The normalized spacial score (nSPS) is 21.1. The summed E-state index contributed by atoms with van der Waals surface area (Å²) >= 11 is 0. The molecule has 2 aliphatic rings. The number of fused-ring (bicyclic) bond motifs is 3. The summed E-state index contributed by atoms with van der Waals surface area (Å²) in [4.78, 5) is 22.6. The summed E-state index contributed by atoms with van der Waals surface area (Å²) in [7, 11) is 1.69. The molecule has 0 aliphatic carbocycles. The molecule has 4 rings (SSSR count). The van der Waals surface area contributed by atoms with E-state index in [1.54, 1.807) is 26.2 Å². The molecule has 37 heavy (non-hydrogen) atoms. The maximum atomic E-state index is 13.2. The Hall–Kier alpha value is -3.49. The van der Waals surface area contributed by atoms with E-state index >= 15 is 0 Å². The lowest BCUT2D eigenvalue weighted by Crippen LogP contribution is -2.51. The van der Waals surface area contributed by atoms with Crippen molar-refractivity contribution in [3.63, 3.8) is 0 Å². The van der Waals surface area contributed by atoms with Crippen LogP contribution in [0, 0.1) is 0 Å². The van der Waals surface area contributed by atoms with Gasteiger partial charge in [0.05, 0.1) is 11.8 Å². The molecule has 0 saturated carbocycles. The minimum absolute atomic E-state index is 0.0427. The first-order valence-electron chi connectivity index (χ1n) is 11.3. The summed E-state index contributed by atoms with van der Waals surface area (Å²) in [6, 6.07) is 1.58. The van der Waals surface area contributed by atoms with Crippen molar-refractivity contribution in [3.05, 3.63) is 65.0 Å². The third-order valence-corrected chi connectivity index (χ3v) is 6.23. The fourth-order valence-corrected chi connectivity index (χ4v) is 4.01. The zero-order valence-electron chi connectivity index (χ0n) is 20.3. The molecular weight excluding hydrogens is 500 g/mol. The molecule has 200 valence electrons. The van der Waals surface area contributed by atoms with E-state index in [1.807, 2.05) is 17.9 Å². The highest BCUT2D eigenvalue weighted by Crippen LogP contribution is 2.49. The maximum Gasteiger partial charge on any atom is 0.340 e. The van der Waals surface area contributed by atoms with Gasteiger partial charge in [0.2, 0.25) is 5.76 Å². The van der Waals surface area contributed by atoms with Gasteiger partial charge in [-0.2, -0.15) is 8.78 Å². The minimum Gasteiger partial charge on any atom is -0.445 e. The van der Waals surface area contributed by atoms with Crippen molar-refractivity contribution in [2.45, 2.75) is 51.1 Å². The smallest absolute Gasteiger partial charge is 0.340 e. The van der Waals surface area contributed by atoms with Gasteiger partial charge in [-0.1, -0.05) is 0 Å². The van der Waals surface area contributed by atoms with Gasteiger partial charge in [0.15, 0.2) is 13.0 Å². The number of quaternary nitrogens is 1. The molecule has 14 heteroatoms. The summed E-state index contributed by atoms with van der Waals surface area (Å²) < 4.78 is 67.1. The Labute approximate surface area is 209 Å². The van der Waals surface area contributed by atoms with E-state index in [0.717, 1.165) is 17.5 Å². The quantitative estimate of drug-likeness (QED) is 0.186. The zero-order valence-corrected chi connectivity index (χ0v) is 20.3. The van der Waals surface area contributed by atoms with Gasteiger partial charge in [-0.15, -0.1) is 0 Å². The van der Waals surface area contributed by atoms with Crippen LogP contribution in [0.3, 0.4) is 0 Å². The van der Waals surface area contributed by atoms with Gasteiger partial charge < -0.3 is 24.5 Å². The van der Waals surface area contributed by atoms with Crippen LogP contribution in [-0.2, 0) is 16.0 Å². The molecule has 4 heterocycles. The minimum atomic E-state index is -4.28. The molecule has 10 nitrogen and oxygen atoms in total. The van der Waals surface area contributed by atoms with Crippen LogP contribution >= 0.6 is 0 Å². The number of aromatic nitrogens is 2. The van der Waals surface area contributed by atoms with Crippen molar-refractivity contribution in [3.8, 4) is 0 Å². The van der Waals surface area contributed by atoms with Crippen molar-refractivity contribution >= 4 is 11.7 Å². The predicted molar refractivity (Wildman–Crippen MR) is 121 cm³/mol. The molecule has 0 bridgehead atoms. The number of rotatable bonds is 10. The lowest BCUT2D eigenvalue weighted by molar-refractivity contribution is -0.365. The molecule has 2 aromatic rings. The second-order valence-corrected chi connectivity index (χ2v) is 8.65. The van der Waals surface area contributed by atoms with Crippen LogP contribution in [-0.4, -0.2) is 59.0 Å². The van der Waals surface area contributed by atoms with Crippen LogP contribution in [0.4, 0.5) is 23.4 Å². The van der Waals surface area contributed by atoms with Crippen LogP contribution in [0.2, 0.25) is 0 Å². The Bertz CT molecular complexity index is 1200. The van der Waals surface area contributed by atoms with Gasteiger partial charge in [0.25, 0.3) is 11.8 Å². The first-order valence-corrected chi connectivity index (χ1v) is 11.3. The average Bonchev–Trinajstić information content (AvgIpc) is 3.48. The number of alkyl halides is 4. The van der Waals surface area contributed by atoms with Gasteiger partial charge in [0.1, 0.15) is 18.1 Å². The number of allylic oxidation sites excluding steroid dienone is 2. The van der Waals surface area contributed by atoms with Crippen LogP contribution in [0.25, 0.3) is 0 Å². The fourth-order valence-electron chi connectivity index (χ4n) is 4.01. The predicted octanol–water partition coefficient (Wildman–Crippen LogP) is 2.42. The lowest BCUT2D eigenvalue weighted by atomic mass is 9.98.